The topological polar surface area (TPSA) is 66.0 Å². The van der Waals surface area contributed by atoms with Crippen LogP contribution in [0.15, 0.2) is 24.5 Å². The van der Waals surface area contributed by atoms with Crippen LogP contribution in [-0.2, 0) is 20.7 Å². The van der Waals surface area contributed by atoms with Crippen LogP contribution in [0.1, 0.15) is 12.0 Å². The first-order valence-corrected chi connectivity index (χ1v) is 9.35. The monoisotopic (exact) mass is 360 g/mol. The first-order chi connectivity index (χ1) is 12.6. The maximum absolute atomic E-state index is 12.7. The Morgan fingerprint density at radius 2 is 2.00 bits per heavy atom. The second kappa shape index (κ2) is 9.09. The number of likely N-dealkylation sites (tertiary alicyclic amines) is 1. The number of rotatable bonds is 7. The van der Waals surface area contributed by atoms with Crippen molar-refractivity contribution in [2.75, 3.05) is 59.5 Å². The number of likely N-dealkylation sites (N-methyl/N-ethyl adjacent to an activating group) is 1. The van der Waals surface area contributed by atoms with Crippen molar-refractivity contribution in [1.82, 2.24) is 19.7 Å². The molecule has 3 heterocycles. The van der Waals surface area contributed by atoms with Crippen molar-refractivity contribution in [2.45, 2.75) is 12.8 Å². The summed E-state index contributed by atoms with van der Waals surface area (Å²) < 4.78 is 5.35. The van der Waals surface area contributed by atoms with E-state index in [0.717, 1.165) is 44.8 Å². The quantitative estimate of drug-likeness (QED) is 0.698. The number of aromatic nitrogens is 1. The Labute approximate surface area is 154 Å². The molecule has 3 rings (SSSR count). The van der Waals surface area contributed by atoms with Crippen LogP contribution in [0.4, 0.5) is 0 Å². The summed E-state index contributed by atoms with van der Waals surface area (Å²) in [6.07, 6.45) is 4.66. The van der Waals surface area contributed by atoms with E-state index in [9.17, 15) is 9.59 Å². The summed E-state index contributed by atoms with van der Waals surface area (Å²) >= 11 is 0. The molecule has 1 atom stereocenters. The Bertz CT molecular complexity index is 604. The van der Waals surface area contributed by atoms with Crippen LogP contribution in [0.2, 0.25) is 0 Å². The van der Waals surface area contributed by atoms with E-state index in [4.69, 9.17) is 4.74 Å². The number of hydrogen-bond donors (Lipinski definition) is 0. The van der Waals surface area contributed by atoms with Crippen molar-refractivity contribution in [2.24, 2.45) is 5.92 Å². The van der Waals surface area contributed by atoms with Crippen molar-refractivity contribution >= 4 is 11.8 Å². The molecule has 7 heteroatoms. The average molecular weight is 360 g/mol. The first-order valence-electron chi connectivity index (χ1n) is 9.35. The van der Waals surface area contributed by atoms with Gasteiger partial charge >= 0.3 is 0 Å². The summed E-state index contributed by atoms with van der Waals surface area (Å²) in [5, 5.41) is 0. The van der Waals surface area contributed by atoms with Gasteiger partial charge in [0.1, 0.15) is 0 Å². The molecule has 1 aromatic rings. The average Bonchev–Trinajstić information content (AvgIpc) is 3.06. The molecular weight excluding hydrogens is 332 g/mol. The zero-order valence-electron chi connectivity index (χ0n) is 15.5. The molecule has 7 nitrogen and oxygen atoms in total. The van der Waals surface area contributed by atoms with Crippen molar-refractivity contribution < 1.29 is 14.3 Å². The number of nitrogens with zero attached hydrogens (tertiary/aromatic N) is 4. The predicted molar refractivity (Wildman–Crippen MR) is 97.5 cm³/mol. The Morgan fingerprint density at radius 1 is 1.27 bits per heavy atom. The first kappa shape index (κ1) is 18.8. The van der Waals surface area contributed by atoms with E-state index < -0.39 is 0 Å². The highest BCUT2D eigenvalue weighted by atomic mass is 16.5. The number of carbonyl (C=O) groups is 2. The van der Waals surface area contributed by atoms with Gasteiger partial charge in [0.25, 0.3) is 0 Å². The van der Waals surface area contributed by atoms with Gasteiger partial charge in [0.15, 0.2) is 0 Å². The van der Waals surface area contributed by atoms with Gasteiger partial charge in [0.05, 0.1) is 19.1 Å². The van der Waals surface area contributed by atoms with Crippen LogP contribution in [0, 0.1) is 5.92 Å². The molecule has 142 valence electrons. The minimum absolute atomic E-state index is 0.0706. The number of amides is 2. The van der Waals surface area contributed by atoms with E-state index in [1.54, 1.807) is 17.3 Å². The van der Waals surface area contributed by atoms with E-state index in [0.29, 0.717) is 26.1 Å². The fourth-order valence-corrected chi connectivity index (χ4v) is 3.51. The molecule has 26 heavy (non-hydrogen) atoms. The third-order valence-corrected chi connectivity index (χ3v) is 5.22. The number of carbonyl (C=O) groups excluding carboxylic acids is 2. The molecule has 0 radical (unpaired) electrons. The fourth-order valence-electron chi connectivity index (χ4n) is 3.51. The molecule has 2 aliphatic heterocycles. The van der Waals surface area contributed by atoms with Gasteiger partial charge in [-0.15, -0.1) is 0 Å². The normalized spacial score (nSPS) is 21.2. The van der Waals surface area contributed by atoms with Gasteiger partial charge in [-0.05, 0) is 24.1 Å². The van der Waals surface area contributed by atoms with Gasteiger partial charge < -0.3 is 14.5 Å². The molecule has 0 N–H and O–H groups in total. The van der Waals surface area contributed by atoms with E-state index in [-0.39, 0.29) is 17.7 Å². The largest absolute Gasteiger partial charge is 0.379 e. The van der Waals surface area contributed by atoms with Crippen LogP contribution in [0.25, 0.3) is 0 Å². The zero-order chi connectivity index (χ0) is 18.4. The highest BCUT2D eigenvalue weighted by molar-refractivity contribution is 5.89. The van der Waals surface area contributed by atoms with Gasteiger partial charge in [0.2, 0.25) is 11.8 Å². The van der Waals surface area contributed by atoms with Crippen LogP contribution in [0.5, 0.6) is 0 Å². The number of hydrogen-bond acceptors (Lipinski definition) is 5. The molecule has 1 unspecified atom stereocenters. The lowest BCUT2D eigenvalue weighted by molar-refractivity contribution is -0.134. The van der Waals surface area contributed by atoms with Crippen LogP contribution < -0.4 is 0 Å². The highest BCUT2D eigenvalue weighted by Crippen LogP contribution is 2.20. The summed E-state index contributed by atoms with van der Waals surface area (Å²) in [5.74, 6) is -0.0462. The molecule has 1 aromatic heterocycles. The summed E-state index contributed by atoms with van der Waals surface area (Å²) in [4.78, 5) is 34.9. The number of ether oxygens (including phenoxy) is 1. The van der Waals surface area contributed by atoms with Crippen molar-refractivity contribution in [3.63, 3.8) is 0 Å². The molecular formula is C19H28N4O3. The summed E-state index contributed by atoms with van der Waals surface area (Å²) in [5.41, 5.74) is 1.16. The second-order valence-corrected chi connectivity index (χ2v) is 7.06. The summed E-state index contributed by atoms with van der Waals surface area (Å²) in [6.45, 7) is 6.11. The molecule has 0 bridgehead atoms. The molecule has 0 aliphatic carbocycles. The third kappa shape index (κ3) is 5.02. The lowest BCUT2D eigenvalue weighted by Crippen LogP contribution is -2.42. The van der Waals surface area contributed by atoms with Crippen LogP contribution in [0.3, 0.4) is 0 Å². The Hall–Kier alpha value is -1.99. The van der Waals surface area contributed by atoms with Crippen molar-refractivity contribution in [3.8, 4) is 0 Å². The standard InChI is InChI=1S/C19H28N4O3/c1-21(7-4-16-2-5-20-6-3-16)19(25)17-14-18(24)23(15-17)9-8-22-10-12-26-13-11-22/h2-3,5-6,17H,4,7-15H2,1H3. The Balaban J connectivity index is 1.43. The van der Waals surface area contributed by atoms with E-state index in [2.05, 4.69) is 9.88 Å². The SMILES string of the molecule is CN(CCc1ccncc1)C(=O)C1CC(=O)N(CCN2CCOCC2)C1. The van der Waals surface area contributed by atoms with Gasteiger partial charge in [-0.1, -0.05) is 0 Å². The molecule has 2 saturated heterocycles. The second-order valence-electron chi connectivity index (χ2n) is 7.06. The van der Waals surface area contributed by atoms with Crippen LogP contribution >= 0.6 is 0 Å². The van der Waals surface area contributed by atoms with Crippen LogP contribution in [-0.4, -0.2) is 91.0 Å². The Kier molecular flexibility index (Phi) is 6.57. The third-order valence-electron chi connectivity index (χ3n) is 5.22. The van der Waals surface area contributed by atoms with Crippen molar-refractivity contribution in [3.05, 3.63) is 30.1 Å². The van der Waals surface area contributed by atoms with Gasteiger partial charge in [-0.25, -0.2) is 0 Å². The molecule has 2 aliphatic rings. The van der Waals surface area contributed by atoms with Gasteiger partial charge in [0, 0.05) is 65.1 Å². The zero-order valence-corrected chi connectivity index (χ0v) is 15.5. The minimum Gasteiger partial charge on any atom is -0.379 e. The fraction of sp³-hybridized carbons (Fsp3) is 0.632. The highest BCUT2D eigenvalue weighted by Gasteiger charge is 2.35. The Morgan fingerprint density at radius 3 is 2.73 bits per heavy atom. The lowest BCUT2D eigenvalue weighted by atomic mass is 10.1. The predicted octanol–water partition coefficient (Wildman–Crippen LogP) is 0.263. The molecule has 2 amide bonds. The van der Waals surface area contributed by atoms with Gasteiger partial charge in [-0.3, -0.25) is 19.5 Å². The number of pyridine rings is 1. The summed E-state index contributed by atoms with van der Waals surface area (Å²) in [7, 11) is 1.82. The van der Waals surface area contributed by atoms with Gasteiger partial charge in [-0.2, -0.15) is 0 Å². The van der Waals surface area contributed by atoms with E-state index in [1.807, 2.05) is 24.1 Å². The van der Waals surface area contributed by atoms with Crippen molar-refractivity contribution in [1.29, 1.82) is 0 Å². The van der Waals surface area contributed by atoms with E-state index >= 15 is 0 Å². The molecule has 0 aromatic carbocycles. The molecule has 0 spiro atoms. The lowest BCUT2D eigenvalue weighted by Gasteiger charge is -2.28. The smallest absolute Gasteiger partial charge is 0.227 e. The molecule has 2 fully saturated rings. The number of morpholine rings is 1. The van der Waals surface area contributed by atoms with E-state index in [1.165, 1.54) is 0 Å². The minimum atomic E-state index is -0.213. The maximum atomic E-state index is 12.7. The summed E-state index contributed by atoms with van der Waals surface area (Å²) in [6, 6.07) is 3.93. The molecule has 0 saturated carbocycles. The maximum Gasteiger partial charge on any atom is 0.227 e.